The Labute approximate surface area is 190 Å². The quantitative estimate of drug-likeness (QED) is 0.547. The van der Waals surface area contributed by atoms with Crippen LogP contribution in [0.3, 0.4) is 0 Å². The van der Waals surface area contributed by atoms with E-state index in [4.69, 9.17) is 0 Å². The minimum Gasteiger partial charge on any atom is -0.352 e. The van der Waals surface area contributed by atoms with E-state index < -0.39 is 5.41 Å². The Bertz CT molecular complexity index is 1040. The molecule has 32 heavy (non-hydrogen) atoms. The van der Waals surface area contributed by atoms with Crippen LogP contribution in [0.15, 0.2) is 86.0 Å². The smallest absolute Gasteiger partial charge is 0.228 e. The standard InChI is InChI=1S/C27H30N4O/c1-2-13-30-26(32)27(12-6-17-31(21-27)20-22-10-15-28-16-11-22)18-23-7-3-4-9-25(23)24-8-5-14-29-19-24/h2-5,7-11,14-16,19H,1,6,12-13,17-18,20-21H2,(H,30,32). The Morgan fingerprint density at radius 2 is 1.94 bits per heavy atom. The molecule has 0 saturated carbocycles. The van der Waals surface area contributed by atoms with Crippen molar-refractivity contribution >= 4 is 5.91 Å². The number of benzene rings is 1. The van der Waals surface area contributed by atoms with Crippen LogP contribution in [0.5, 0.6) is 0 Å². The van der Waals surface area contributed by atoms with E-state index in [2.05, 4.69) is 51.0 Å². The number of nitrogens with one attached hydrogen (secondary N) is 1. The number of likely N-dealkylation sites (tertiary alicyclic amines) is 1. The molecule has 5 nitrogen and oxygen atoms in total. The highest BCUT2D eigenvalue weighted by atomic mass is 16.2. The van der Waals surface area contributed by atoms with Crippen molar-refractivity contribution in [2.75, 3.05) is 19.6 Å². The Balaban J connectivity index is 1.64. The summed E-state index contributed by atoms with van der Waals surface area (Å²) in [5.41, 5.74) is 4.13. The molecule has 0 aliphatic carbocycles. The van der Waals surface area contributed by atoms with Gasteiger partial charge in [0.1, 0.15) is 0 Å². The number of pyridine rings is 2. The van der Waals surface area contributed by atoms with Crippen molar-refractivity contribution in [2.45, 2.75) is 25.8 Å². The van der Waals surface area contributed by atoms with Gasteiger partial charge in [-0.2, -0.15) is 0 Å². The van der Waals surface area contributed by atoms with Crippen LogP contribution in [0.25, 0.3) is 11.1 Å². The molecule has 1 aliphatic rings. The molecule has 1 aliphatic heterocycles. The molecule has 0 spiro atoms. The Morgan fingerprint density at radius 3 is 2.72 bits per heavy atom. The van der Waals surface area contributed by atoms with Gasteiger partial charge in [-0.1, -0.05) is 36.4 Å². The zero-order chi connectivity index (χ0) is 22.2. The van der Waals surface area contributed by atoms with E-state index in [1.807, 2.05) is 42.9 Å². The maximum Gasteiger partial charge on any atom is 0.228 e. The van der Waals surface area contributed by atoms with Gasteiger partial charge in [-0.3, -0.25) is 19.7 Å². The fourth-order valence-electron chi connectivity index (χ4n) is 4.71. The summed E-state index contributed by atoms with van der Waals surface area (Å²) >= 11 is 0. The Hall–Kier alpha value is -3.31. The van der Waals surface area contributed by atoms with Crippen LogP contribution in [0, 0.1) is 5.41 Å². The van der Waals surface area contributed by atoms with Gasteiger partial charge in [0.15, 0.2) is 0 Å². The lowest BCUT2D eigenvalue weighted by molar-refractivity contribution is -0.134. The molecule has 1 atom stereocenters. The highest BCUT2D eigenvalue weighted by Gasteiger charge is 2.42. The third-order valence-corrected chi connectivity index (χ3v) is 6.22. The maximum atomic E-state index is 13.5. The lowest BCUT2D eigenvalue weighted by Crippen LogP contribution is -2.53. The van der Waals surface area contributed by atoms with Gasteiger partial charge in [0.05, 0.1) is 5.41 Å². The third-order valence-electron chi connectivity index (χ3n) is 6.22. The molecule has 1 N–H and O–H groups in total. The van der Waals surface area contributed by atoms with Gasteiger partial charge in [-0.05, 0) is 60.7 Å². The Kier molecular flexibility index (Phi) is 7.07. The van der Waals surface area contributed by atoms with Crippen molar-refractivity contribution in [3.63, 3.8) is 0 Å². The maximum absolute atomic E-state index is 13.5. The van der Waals surface area contributed by atoms with Crippen molar-refractivity contribution in [1.82, 2.24) is 20.2 Å². The molecule has 1 aromatic carbocycles. The van der Waals surface area contributed by atoms with Crippen LogP contribution >= 0.6 is 0 Å². The van der Waals surface area contributed by atoms with Crippen LogP contribution in [0.2, 0.25) is 0 Å². The first-order chi connectivity index (χ1) is 15.7. The number of hydrogen-bond donors (Lipinski definition) is 1. The monoisotopic (exact) mass is 426 g/mol. The van der Waals surface area contributed by atoms with E-state index in [1.54, 1.807) is 12.3 Å². The van der Waals surface area contributed by atoms with Crippen LogP contribution in [0.4, 0.5) is 0 Å². The SMILES string of the molecule is C=CCNC(=O)C1(Cc2ccccc2-c2cccnc2)CCCN(Cc2ccncc2)C1. The molecule has 1 fully saturated rings. The van der Waals surface area contributed by atoms with E-state index in [1.165, 1.54) is 11.1 Å². The first-order valence-corrected chi connectivity index (χ1v) is 11.2. The number of aromatic nitrogens is 2. The summed E-state index contributed by atoms with van der Waals surface area (Å²) in [6, 6.07) is 16.5. The number of carbonyl (C=O) groups excluding carboxylic acids is 1. The lowest BCUT2D eigenvalue weighted by atomic mass is 9.73. The summed E-state index contributed by atoms with van der Waals surface area (Å²) < 4.78 is 0. The average molecular weight is 427 g/mol. The summed E-state index contributed by atoms with van der Waals surface area (Å²) in [4.78, 5) is 24.3. The molecular formula is C27H30N4O. The number of carbonyl (C=O) groups is 1. The second kappa shape index (κ2) is 10.3. The van der Waals surface area contributed by atoms with Crippen LogP contribution < -0.4 is 5.32 Å². The molecule has 3 aromatic rings. The van der Waals surface area contributed by atoms with Gasteiger partial charge in [0, 0.05) is 50.0 Å². The molecular weight excluding hydrogens is 396 g/mol. The normalized spacial score (nSPS) is 18.8. The molecule has 1 saturated heterocycles. The van der Waals surface area contributed by atoms with Crippen molar-refractivity contribution in [3.8, 4) is 11.1 Å². The number of nitrogens with zero attached hydrogens (tertiary/aromatic N) is 3. The van der Waals surface area contributed by atoms with Crippen molar-refractivity contribution in [3.05, 3.63) is 97.1 Å². The second-order valence-electron chi connectivity index (χ2n) is 8.52. The van der Waals surface area contributed by atoms with E-state index in [9.17, 15) is 4.79 Å². The molecule has 4 rings (SSSR count). The fourth-order valence-corrected chi connectivity index (χ4v) is 4.71. The van der Waals surface area contributed by atoms with Crippen molar-refractivity contribution in [2.24, 2.45) is 5.41 Å². The molecule has 1 amide bonds. The summed E-state index contributed by atoms with van der Waals surface area (Å²) in [6.45, 7) is 6.79. The number of hydrogen-bond acceptors (Lipinski definition) is 4. The second-order valence-corrected chi connectivity index (χ2v) is 8.52. The highest BCUT2D eigenvalue weighted by molar-refractivity contribution is 5.84. The zero-order valence-corrected chi connectivity index (χ0v) is 18.4. The van der Waals surface area contributed by atoms with E-state index in [0.29, 0.717) is 13.0 Å². The van der Waals surface area contributed by atoms with Crippen LogP contribution in [0.1, 0.15) is 24.0 Å². The predicted molar refractivity (Wildman–Crippen MR) is 128 cm³/mol. The minimum absolute atomic E-state index is 0.109. The van der Waals surface area contributed by atoms with E-state index in [0.717, 1.165) is 43.6 Å². The van der Waals surface area contributed by atoms with Gasteiger partial charge >= 0.3 is 0 Å². The van der Waals surface area contributed by atoms with E-state index in [-0.39, 0.29) is 5.91 Å². The van der Waals surface area contributed by atoms with Gasteiger partial charge in [-0.25, -0.2) is 0 Å². The lowest BCUT2D eigenvalue weighted by Gasteiger charge is -2.42. The third kappa shape index (κ3) is 5.11. The summed E-state index contributed by atoms with van der Waals surface area (Å²) in [5.74, 6) is 0.109. The fraction of sp³-hybridized carbons (Fsp3) is 0.296. The molecule has 5 heteroatoms. The number of rotatable bonds is 8. The number of amides is 1. The van der Waals surface area contributed by atoms with E-state index >= 15 is 0 Å². The Morgan fingerprint density at radius 1 is 1.09 bits per heavy atom. The number of piperidine rings is 1. The van der Waals surface area contributed by atoms with Crippen molar-refractivity contribution in [1.29, 1.82) is 0 Å². The molecule has 2 aromatic heterocycles. The zero-order valence-electron chi connectivity index (χ0n) is 18.4. The molecule has 0 bridgehead atoms. The van der Waals surface area contributed by atoms with Gasteiger partial charge in [-0.15, -0.1) is 6.58 Å². The minimum atomic E-state index is -0.493. The average Bonchev–Trinajstić information content (AvgIpc) is 2.84. The van der Waals surface area contributed by atoms with Gasteiger partial charge in [0.25, 0.3) is 0 Å². The van der Waals surface area contributed by atoms with Crippen LogP contribution in [-0.2, 0) is 17.8 Å². The molecule has 1 unspecified atom stereocenters. The van der Waals surface area contributed by atoms with Crippen molar-refractivity contribution < 1.29 is 4.79 Å². The molecule has 164 valence electrons. The largest absolute Gasteiger partial charge is 0.352 e. The first kappa shape index (κ1) is 21.9. The first-order valence-electron chi connectivity index (χ1n) is 11.2. The van der Waals surface area contributed by atoms with Crippen LogP contribution in [-0.4, -0.2) is 40.4 Å². The summed E-state index contributed by atoms with van der Waals surface area (Å²) in [7, 11) is 0. The topological polar surface area (TPSA) is 58.1 Å². The van der Waals surface area contributed by atoms with Gasteiger partial charge in [0.2, 0.25) is 5.91 Å². The summed E-state index contributed by atoms with van der Waals surface area (Å²) in [5, 5.41) is 3.10. The highest BCUT2D eigenvalue weighted by Crippen LogP contribution is 2.37. The molecule has 0 radical (unpaired) electrons. The van der Waals surface area contributed by atoms with Gasteiger partial charge < -0.3 is 5.32 Å². The predicted octanol–water partition coefficient (Wildman–Crippen LogP) is 4.27. The summed E-state index contributed by atoms with van der Waals surface area (Å²) in [6.07, 6.45) is 11.6. The molecule has 3 heterocycles.